The van der Waals surface area contributed by atoms with Gasteiger partial charge in [-0.3, -0.25) is 9.69 Å². The first-order valence-electron chi connectivity index (χ1n) is 11.0. The zero-order chi connectivity index (χ0) is 24.7. The number of nitrogens with zero attached hydrogens (tertiary/aromatic N) is 4. The number of benzene rings is 1. The van der Waals surface area contributed by atoms with Gasteiger partial charge in [-0.2, -0.15) is 17.9 Å². The molecule has 0 atom stereocenters. The lowest BCUT2D eigenvalue weighted by molar-refractivity contribution is -0.138. The molecule has 11 heteroatoms. The number of carbonyl (C=O) groups is 2. The van der Waals surface area contributed by atoms with E-state index in [1.807, 2.05) is 0 Å². The van der Waals surface area contributed by atoms with Crippen LogP contribution in [0.1, 0.15) is 41.3 Å². The van der Waals surface area contributed by atoms with Crippen LogP contribution >= 0.6 is 0 Å². The molecule has 0 radical (unpaired) electrons. The van der Waals surface area contributed by atoms with Crippen LogP contribution in [0.5, 0.6) is 0 Å². The maximum absolute atomic E-state index is 13.3. The molecule has 0 unspecified atom stereocenters. The maximum atomic E-state index is 13.3. The fourth-order valence-electron chi connectivity index (χ4n) is 4.76. The minimum Gasteiger partial charge on any atom is -0.366 e. The third kappa shape index (κ3) is 4.93. The van der Waals surface area contributed by atoms with Gasteiger partial charge in [0.15, 0.2) is 5.82 Å². The molecule has 182 valence electrons. The van der Waals surface area contributed by atoms with E-state index in [-0.39, 0.29) is 11.4 Å². The summed E-state index contributed by atoms with van der Waals surface area (Å²) in [6.07, 6.45) is -1.39. The molecular formula is C23H27F3N6O2. The summed E-state index contributed by atoms with van der Waals surface area (Å²) in [5.41, 5.74) is 4.85. The Morgan fingerprint density at radius 3 is 2.47 bits per heavy atom. The number of primary amides is 1. The van der Waals surface area contributed by atoms with Crippen molar-refractivity contribution in [2.75, 3.05) is 31.5 Å². The number of nitrogens with one attached hydrogen (secondary N) is 1. The Labute approximate surface area is 195 Å². The van der Waals surface area contributed by atoms with Gasteiger partial charge in [0.05, 0.1) is 11.1 Å². The topological polar surface area (TPSA) is 96.5 Å². The minimum absolute atomic E-state index is 0.0631. The number of alkyl halides is 3. The lowest BCUT2D eigenvalue weighted by Crippen LogP contribution is -2.60. The van der Waals surface area contributed by atoms with Crippen LogP contribution in [0.3, 0.4) is 0 Å². The van der Waals surface area contributed by atoms with Crippen molar-refractivity contribution in [1.82, 2.24) is 19.6 Å². The van der Waals surface area contributed by atoms with Gasteiger partial charge in [-0.1, -0.05) is 12.6 Å². The van der Waals surface area contributed by atoms with Crippen molar-refractivity contribution in [2.45, 2.75) is 32.5 Å². The predicted molar refractivity (Wildman–Crippen MR) is 120 cm³/mol. The highest BCUT2D eigenvalue weighted by Gasteiger charge is 2.45. The Bertz CT molecular complexity index is 1110. The fraction of sp³-hybridized carbons (Fsp3) is 0.435. The molecule has 4 rings (SSSR count). The van der Waals surface area contributed by atoms with E-state index >= 15 is 0 Å². The van der Waals surface area contributed by atoms with Gasteiger partial charge < -0.3 is 16.0 Å². The third-order valence-electron chi connectivity index (χ3n) is 6.40. The van der Waals surface area contributed by atoms with E-state index in [0.717, 1.165) is 43.8 Å². The number of nitrogens with two attached hydrogens (primary N) is 1. The van der Waals surface area contributed by atoms with Crippen molar-refractivity contribution in [3.05, 3.63) is 59.4 Å². The Morgan fingerprint density at radius 1 is 1.21 bits per heavy atom. The molecule has 0 saturated carbocycles. The van der Waals surface area contributed by atoms with Crippen LogP contribution in [0.25, 0.3) is 0 Å². The summed E-state index contributed by atoms with van der Waals surface area (Å²) in [5, 5.41) is 7.20. The standard InChI is InChI=1S/C23H27F3N6O2/c1-15(2)28-19-5-8-32(29-19)21(34)31-9-6-22(7-10-31)13-30(14-22)12-16-3-4-17(20(27)33)18(11-16)23(24,25)26/h3-5,8,11H,1,6-7,9-10,12-14H2,2H3,(H2,27,33)(H,28,29). The van der Waals surface area contributed by atoms with Crippen LogP contribution in [0, 0.1) is 5.41 Å². The summed E-state index contributed by atoms with van der Waals surface area (Å²) < 4.78 is 41.3. The first kappa shape index (κ1) is 23.8. The van der Waals surface area contributed by atoms with Gasteiger partial charge >= 0.3 is 12.2 Å². The zero-order valence-corrected chi connectivity index (χ0v) is 18.9. The van der Waals surface area contributed by atoms with E-state index in [4.69, 9.17) is 5.73 Å². The number of aromatic nitrogens is 2. The molecule has 1 aromatic carbocycles. The van der Waals surface area contributed by atoms with Gasteiger partial charge in [-0.05, 0) is 42.9 Å². The van der Waals surface area contributed by atoms with Crippen LogP contribution < -0.4 is 11.1 Å². The van der Waals surface area contributed by atoms with Gasteiger partial charge in [0.2, 0.25) is 5.91 Å². The average molecular weight is 477 g/mol. The molecule has 8 nitrogen and oxygen atoms in total. The number of likely N-dealkylation sites (tertiary alicyclic amines) is 2. The summed E-state index contributed by atoms with van der Waals surface area (Å²) in [5.74, 6) is -0.539. The number of allylic oxidation sites excluding steroid dienone is 1. The van der Waals surface area contributed by atoms with Crippen molar-refractivity contribution >= 4 is 17.8 Å². The van der Waals surface area contributed by atoms with E-state index in [2.05, 4.69) is 21.9 Å². The molecule has 2 fully saturated rings. The Balaban J connectivity index is 1.31. The zero-order valence-electron chi connectivity index (χ0n) is 18.9. The van der Waals surface area contributed by atoms with Gasteiger partial charge in [0.25, 0.3) is 0 Å². The number of halogens is 3. The number of anilines is 1. The molecule has 3 N–H and O–H groups in total. The van der Waals surface area contributed by atoms with Crippen LogP contribution in [0.2, 0.25) is 0 Å². The molecule has 3 heterocycles. The van der Waals surface area contributed by atoms with E-state index < -0.39 is 23.2 Å². The van der Waals surface area contributed by atoms with Gasteiger partial charge in [-0.25, -0.2) is 4.79 Å². The first-order chi connectivity index (χ1) is 16.0. The largest absolute Gasteiger partial charge is 0.417 e. The molecule has 2 amide bonds. The molecule has 2 saturated heterocycles. The van der Waals surface area contributed by atoms with E-state index in [0.29, 0.717) is 31.0 Å². The Morgan fingerprint density at radius 2 is 1.88 bits per heavy atom. The second kappa shape index (κ2) is 8.79. The minimum atomic E-state index is -4.65. The number of hydrogen-bond acceptors (Lipinski definition) is 5. The number of carbonyl (C=O) groups excluding carboxylic acids is 2. The average Bonchev–Trinajstić information content (AvgIpc) is 3.19. The lowest BCUT2D eigenvalue weighted by Gasteiger charge is -2.54. The molecular weight excluding hydrogens is 449 g/mol. The summed E-state index contributed by atoms with van der Waals surface area (Å²) in [7, 11) is 0. The molecule has 0 aliphatic carbocycles. The Hall–Kier alpha value is -3.34. The van der Waals surface area contributed by atoms with Crippen LogP contribution in [-0.4, -0.2) is 57.7 Å². The van der Waals surface area contributed by atoms with E-state index in [9.17, 15) is 22.8 Å². The van der Waals surface area contributed by atoms with Crippen LogP contribution in [0.15, 0.2) is 42.7 Å². The highest BCUT2D eigenvalue weighted by Crippen LogP contribution is 2.41. The molecule has 0 bridgehead atoms. The summed E-state index contributed by atoms with van der Waals surface area (Å²) in [4.78, 5) is 28.0. The second-order valence-electron chi connectivity index (χ2n) is 9.21. The second-order valence-corrected chi connectivity index (χ2v) is 9.21. The van der Waals surface area contributed by atoms with Crippen molar-refractivity contribution < 1.29 is 22.8 Å². The smallest absolute Gasteiger partial charge is 0.366 e. The molecule has 2 aliphatic rings. The quantitative estimate of drug-likeness (QED) is 0.689. The number of hydrogen-bond donors (Lipinski definition) is 2. The predicted octanol–water partition coefficient (Wildman–Crippen LogP) is 3.51. The van der Waals surface area contributed by atoms with Crippen LogP contribution in [0.4, 0.5) is 23.8 Å². The maximum Gasteiger partial charge on any atom is 0.417 e. The van der Waals surface area contributed by atoms with Crippen molar-refractivity contribution in [2.24, 2.45) is 11.1 Å². The SMILES string of the molecule is C=C(C)Nc1ccn(C(=O)N2CCC3(CC2)CN(Cc2ccc(C(N)=O)c(C(F)(F)F)c2)C3)n1. The number of piperidine rings is 1. The summed E-state index contributed by atoms with van der Waals surface area (Å²) >= 11 is 0. The monoisotopic (exact) mass is 476 g/mol. The Kier molecular flexibility index (Phi) is 6.15. The summed E-state index contributed by atoms with van der Waals surface area (Å²) in [6.45, 7) is 8.62. The highest BCUT2D eigenvalue weighted by atomic mass is 19.4. The van der Waals surface area contributed by atoms with Gasteiger partial charge in [-0.15, -0.1) is 5.10 Å². The number of rotatable bonds is 5. The van der Waals surface area contributed by atoms with E-state index in [1.165, 1.54) is 10.7 Å². The molecule has 34 heavy (non-hydrogen) atoms. The molecule has 1 aromatic heterocycles. The molecule has 2 aromatic rings. The van der Waals surface area contributed by atoms with Crippen molar-refractivity contribution in [3.8, 4) is 0 Å². The van der Waals surface area contributed by atoms with Crippen molar-refractivity contribution in [3.63, 3.8) is 0 Å². The number of amides is 2. The fourth-order valence-corrected chi connectivity index (χ4v) is 4.76. The van der Waals surface area contributed by atoms with Crippen molar-refractivity contribution in [1.29, 1.82) is 0 Å². The highest BCUT2D eigenvalue weighted by molar-refractivity contribution is 5.94. The van der Waals surface area contributed by atoms with E-state index in [1.54, 1.807) is 24.1 Å². The molecule has 1 spiro atoms. The summed E-state index contributed by atoms with van der Waals surface area (Å²) in [6, 6.07) is 5.19. The van der Waals surface area contributed by atoms with Gasteiger partial charge in [0, 0.05) is 50.7 Å². The lowest BCUT2D eigenvalue weighted by atomic mass is 9.72. The van der Waals surface area contributed by atoms with Crippen LogP contribution in [-0.2, 0) is 12.7 Å². The first-order valence-corrected chi connectivity index (χ1v) is 11.0. The third-order valence-corrected chi connectivity index (χ3v) is 6.40. The van der Waals surface area contributed by atoms with Gasteiger partial charge in [0.1, 0.15) is 0 Å². The normalized spacial score (nSPS) is 17.9. The molecule has 2 aliphatic heterocycles.